The Morgan fingerprint density at radius 3 is 2.88 bits per heavy atom. The molecule has 4 nitrogen and oxygen atoms in total. The minimum Gasteiger partial charge on any atom is -0.481 e. The smallest absolute Gasteiger partial charge is 0.308 e. The molecule has 82 valence electrons. The normalized spacial score (nSPS) is 10.3. The van der Waals surface area contributed by atoms with E-state index in [0.29, 0.717) is 11.3 Å². The van der Waals surface area contributed by atoms with Crippen LogP contribution in [0.1, 0.15) is 11.1 Å². The summed E-state index contributed by atoms with van der Waals surface area (Å²) in [5, 5.41) is 12.6. The molecule has 0 fully saturated rings. The van der Waals surface area contributed by atoms with E-state index in [-0.39, 0.29) is 6.42 Å². The molecule has 0 atom stereocenters. The molecular formula is C12H11NO3. The lowest BCUT2D eigenvalue weighted by Gasteiger charge is -2.02. The predicted molar refractivity (Wildman–Crippen MR) is 58.0 cm³/mol. The fourth-order valence-corrected chi connectivity index (χ4v) is 1.61. The molecule has 0 amide bonds. The van der Waals surface area contributed by atoms with Crippen molar-refractivity contribution in [3.05, 3.63) is 41.7 Å². The van der Waals surface area contributed by atoms with E-state index in [0.717, 1.165) is 11.1 Å². The second-order valence-electron chi connectivity index (χ2n) is 3.57. The van der Waals surface area contributed by atoms with Gasteiger partial charge in [-0.25, -0.2) is 0 Å². The van der Waals surface area contributed by atoms with Crippen LogP contribution >= 0.6 is 0 Å². The highest BCUT2D eigenvalue weighted by Crippen LogP contribution is 2.25. The quantitative estimate of drug-likeness (QED) is 0.856. The summed E-state index contributed by atoms with van der Waals surface area (Å²) in [6, 6.07) is 7.67. The Morgan fingerprint density at radius 1 is 1.44 bits per heavy atom. The van der Waals surface area contributed by atoms with Crippen LogP contribution < -0.4 is 0 Å². The fourth-order valence-electron chi connectivity index (χ4n) is 1.61. The molecule has 2 rings (SSSR count). The highest BCUT2D eigenvalue weighted by molar-refractivity contribution is 5.75. The van der Waals surface area contributed by atoms with Gasteiger partial charge in [-0.05, 0) is 12.5 Å². The summed E-state index contributed by atoms with van der Waals surface area (Å²) in [7, 11) is 0. The zero-order valence-corrected chi connectivity index (χ0v) is 8.80. The van der Waals surface area contributed by atoms with Gasteiger partial charge in [0.05, 0.1) is 6.42 Å². The topological polar surface area (TPSA) is 63.3 Å². The molecule has 2 aromatic rings. The van der Waals surface area contributed by atoms with Gasteiger partial charge < -0.3 is 9.63 Å². The number of hydrogen-bond donors (Lipinski definition) is 1. The summed E-state index contributed by atoms with van der Waals surface area (Å²) in [5.41, 5.74) is 3.16. The first-order chi connectivity index (χ1) is 7.68. The molecule has 1 heterocycles. The minimum atomic E-state index is -0.891. The summed E-state index contributed by atoms with van der Waals surface area (Å²) in [6.07, 6.45) is 1.31. The van der Waals surface area contributed by atoms with Crippen LogP contribution in [-0.2, 0) is 11.2 Å². The van der Waals surface area contributed by atoms with E-state index < -0.39 is 5.97 Å². The molecule has 0 aliphatic carbocycles. The highest BCUT2D eigenvalue weighted by Gasteiger charge is 2.14. The van der Waals surface area contributed by atoms with Gasteiger partial charge in [0.25, 0.3) is 0 Å². The number of nitrogens with zero attached hydrogens (tertiary/aromatic N) is 1. The zero-order valence-electron chi connectivity index (χ0n) is 8.80. The first-order valence-corrected chi connectivity index (χ1v) is 4.89. The Hall–Kier alpha value is -2.10. The first kappa shape index (κ1) is 10.4. The van der Waals surface area contributed by atoms with Crippen LogP contribution in [0.3, 0.4) is 0 Å². The van der Waals surface area contributed by atoms with E-state index in [1.165, 1.54) is 6.26 Å². The highest BCUT2D eigenvalue weighted by atomic mass is 16.5. The van der Waals surface area contributed by atoms with E-state index >= 15 is 0 Å². The summed E-state index contributed by atoms with van der Waals surface area (Å²) in [6.45, 7) is 1.95. The second-order valence-corrected chi connectivity index (χ2v) is 3.57. The molecule has 0 saturated carbocycles. The molecule has 4 heteroatoms. The maximum Gasteiger partial charge on any atom is 0.308 e. The number of benzene rings is 1. The third kappa shape index (κ3) is 1.95. The molecule has 0 aliphatic heterocycles. The molecule has 0 saturated heterocycles. The van der Waals surface area contributed by atoms with E-state index in [1.807, 2.05) is 31.2 Å². The number of aliphatic carboxylic acids is 1. The van der Waals surface area contributed by atoms with E-state index in [4.69, 9.17) is 9.63 Å². The van der Waals surface area contributed by atoms with E-state index in [1.54, 1.807) is 0 Å². The lowest BCUT2D eigenvalue weighted by Crippen LogP contribution is -2.00. The maximum absolute atomic E-state index is 10.7. The predicted octanol–water partition coefficient (Wildman–Crippen LogP) is 2.28. The van der Waals surface area contributed by atoms with E-state index in [9.17, 15) is 4.79 Å². The van der Waals surface area contributed by atoms with Gasteiger partial charge in [0.2, 0.25) is 0 Å². The number of hydrogen-bond acceptors (Lipinski definition) is 3. The molecule has 0 bridgehead atoms. The van der Waals surface area contributed by atoms with Gasteiger partial charge in [0.15, 0.2) is 0 Å². The minimum absolute atomic E-state index is 0.0762. The Balaban J connectivity index is 2.45. The SMILES string of the molecule is Cc1ccccc1-c1nocc1CC(=O)O. The van der Waals surface area contributed by atoms with Gasteiger partial charge in [-0.3, -0.25) is 4.79 Å². The number of carbonyl (C=O) groups is 1. The summed E-state index contributed by atoms with van der Waals surface area (Å²) >= 11 is 0. The van der Waals surface area contributed by atoms with Crippen LogP contribution in [-0.4, -0.2) is 16.2 Å². The van der Waals surface area contributed by atoms with Crippen molar-refractivity contribution >= 4 is 5.97 Å². The average Bonchev–Trinajstić information content (AvgIpc) is 2.66. The molecule has 0 unspecified atom stereocenters. The van der Waals surface area contributed by atoms with Gasteiger partial charge >= 0.3 is 5.97 Å². The third-order valence-electron chi connectivity index (χ3n) is 2.38. The summed E-state index contributed by atoms with van der Waals surface area (Å²) in [5.74, 6) is -0.891. The maximum atomic E-state index is 10.7. The summed E-state index contributed by atoms with van der Waals surface area (Å²) in [4.78, 5) is 10.7. The lowest BCUT2D eigenvalue weighted by molar-refractivity contribution is -0.136. The standard InChI is InChI=1S/C12H11NO3/c1-8-4-2-3-5-10(8)12-9(6-11(14)15)7-16-13-12/h2-5,7H,6H2,1H3,(H,14,15). The Bertz CT molecular complexity index is 516. The van der Waals surface area contributed by atoms with Gasteiger partial charge in [-0.1, -0.05) is 29.4 Å². The zero-order chi connectivity index (χ0) is 11.5. The molecule has 0 spiro atoms. The number of carboxylic acids is 1. The Kier molecular flexibility index (Phi) is 2.72. The molecular weight excluding hydrogens is 206 g/mol. The lowest BCUT2D eigenvalue weighted by atomic mass is 10.0. The van der Waals surface area contributed by atoms with Gasteiger partial charge in [0, 0.05) is 11.1 Å². The third-order valence-corrected chi connectivity index (χ3v) is 2.38. The molecule has 1 aromatic carbocycles. The van der Waals surface area contributed by atoms with Crippen molar-refractivity contribution in [1.29, 1.82) is 0 Å². The van der Waals surface area contributed by atoms with Crippen molar-refractivity contribution in [1.82, 2.24) is 5.16 Å². The monoisotopic (exact) mass is 217 g/mol. The number of rotatable bonds is 3. The summed E-state index contributed by atoms with van der Waals surface area (Å²) < 4.78 is 4.84. The largest absolute Gasteiger partial charge is 0.481 e. The molecule has 16 heavy (non-hydrogen) atoms. The number of aryl methyl sites for hydroxylation is 1. The van der Waals surface area contributed by atoms with Gasteiger partial charge in [-0.15, -0.1) is 0 Å². The van der Waals surface area contributed by atoms with Crippen LogP contribution in [0.5, 0.6) is 0 Å². The fraction of sp³-hybridized carbons (Fsp3) is 0.167. The second kappa shape index (κ2) is 4.18. The first-order valence-electron chi connectivity index (χ1n) is 4.89. The van der Waals surface area contributed by atoms with Crippen molar-refractivity contribution in [2.45, 2.75) is 13.3 Å². The van der Waals surface area contributed by atoms with Crippen molar-refractivity contribution in [2.24, 2.45) is 0 Å². The Morgan fingerprint density at radius 2 is 2.19 bits per heavy atom. The van der Waals surface area contributed by atoms with Crippen LogP contribution in [0.25, 0.3) is 11.3 Å². The molecule has 1 aromatic heterocycles. The van der Waals surface area contributed by atoms with Crippen LogP contribution in [0.2, 0.25) is 0 Å². The van der Waals surface area contributed by atoms with E-state index in [2.05, 4.69) is 5.16 Å². The van der Waals surface area contributed by atoms with Crippen LogP contribution in [0, 0.1) is 6.92 Å². The van der Waals surface area contributed by atoms with Gasteiger partial charge in [-0.2, -0.15) is 0 Å². The van der Waals surface area contributed by atoms with Crippen molar-refractivity contribution in [3.63, 3.8) is 0 Å². The van der Waals surface area contributed by atoms with Crippen molar-refractivity contribution < 1.29 is 14.4 Å². The van der Waals surface area contributed by atoms with Crippen molar-refractivity contribution in [3.8, 4) is 11.3 Å². The average molecular weight is 217 g/mol. The van der Waals surface area contributed by atoms with Gasteiger partial charge in [0.1, 0.15) is 12.0 Å². The number of aromatic nitrogens is 1. The Labute approximate surface area is 92.5 Å². The van der Waals surface area contributed by atoms with Crippen LogP contribution in [0.15, 0.2) is 35.1 Å². The molecule has 0 radical (unpaired) electrons. The molecule has 0 aliphatic rings. The van der Waals surface area contributed by atoms with Crippen LogP contribution in [0.4, 0.5) is 0 Å². The molecule has 1 N–H and O–H groups in total. The van der Waals surface area contributed by atoms with Crippen molar-refractivity contribution in [2.75, 3.05) is 0 Å². The number of carboxylic acid groups (broad SMARTS) is 1.